The van der Waals surface area contributed by atoms with E-state index in [4.69, 9.17) is 5.73 Å². The van der Waals surface area contributed by atoms with Crippen LogP contribution in [-0.4, -0.2) is 0 Å². The lowest BCUT2D eigenvalue weighted by atomic mass is 9.89. The third kappa shape index (κ3) is 2.46. The highest BCUT2D eigenvalue weighted by Crippen LogP contribution is 2.31. The van der Waals surface area contributed by atoms with Gasteiger partial charge in [-0.2, -0.15) is 0 Å². The molecule has 0 aliphatic carbocycles. The summed E-state index contributed by atoms with van der Waals surface area (Å²) in [5.41, 5.74) is 10.3. The van der Waals surface area contributed by atoms with Crippen molar-refractivity contribution in [3.05, 3.63) is 69.3 Å². The monoisotopic (exact) mass is 275 g/mol. The predicted molar refractivity (Wildman–Crippen MR) is 77.8 cm³/mol. The molecule has 0 radical (unpaired) electrons. The molecule has 0 saturated carbocycles. The third-order valence-electron chi connectivity index (χ3n) is 3.68. The second-order valence-electron chi connectivity index (χ2n) is 5.38. The molecular weight excluding hydrogens is 256 g/mol. The van der Waals surface area contributed by atoms with Gasteiger partial charge in [-0.05, 0) is 56.0 Å². The largest absolute Gasteiger partial charge is 0.320 e. The SMILES string of the molecule is Cc1cc(C)c(C(N)c2c(F)ccc(C)c2F)c(C)c1. The van der Waals surface area contributed by atoms with Crippen molar-refractivity contribution in [3.8, 4) is 0 Å². The van der Waals surface area contributed by atoms with Crippen molar-refractivity contribution in [3.63, 3.8) is 0 Å². The van der Waals surface area contributed by atoms with Crippen molar-refractivity contribution in [2.45, 2.75) is 33.7 Å². The Hall–Kier alpha value is -1.74. The molecular formula is C17H19F2N. The minimum atomic E-state index is -0.796. The number of nitrogens with two attached hydrogens (primary N) is 1. The Balaban J connectivity index is 2.64. The fraction of sp³-hybridized carbons (Fsp3) is 0.294. The molecule has 2 rings (SSSR count). The van der Waals surface area contributed by atoms with E-state index < -0.39 is 17.7 Å². The van der Waals surface area contributed by atoms with E-state index in [-0.39, 0.29) is 5.56 Å². The van der Waals surface area contributed by atoms with Crippen LogP contribution in [0.1, 0.15) is 39.4 Å². The Morgan fingerprint density at radius 2 is 1.40 bits per heavy atom. The molecule has 0 spiro atoms. The van der Waals surface area contributed by atoms with Crippen LogP contribution in [0.15, 0.2) is 24.3 Å². The molecule has 106 valence electrons. The van der Waals surface area contributed by atoms with Gasteiger partial charge in [0.2, 0.25) is 0 Å². The van der Waals surface area contributed by atoms with Gasteiger partial charge < -0.3 is 5.73 Å². The zero-order valence-electron chi connectivity index (χ0n) is 12.2. The van der Waals surface area contributed by atoms with E-state index in [1.54, 1.807) is 6.92 Å². The fourth-order valence-electron chi connectivity index (χ4n) is 2.79. The van der Waals surface area contributed by atoms with Crippen LogP contribution in [-0.2, 0) is 0 Å². The fourth-order valence-corrected chi connectivity index (χ4v) is 2.79. The smallest absolute Gasteiger partial charge is 0.134 e. The average molecular weight is 275 g/mol. The van der Waals surface area contributed by atoms with Gasteiger partial charge in [-0.3, -0.25) is 0 Å². The quantitative estimate of drug-likeness (QED) is 0.871. The molecule has 0 heterocycles. The van der Waals surface area contributed by atoms with E-state index in [9.17, 15) is 8.78 Å². The molecule has 2 N–H and O–H groups in total. The maximum Gasteiger partial charge on any atom is 0.134 e. The summed E-state index contributed by atoms with van der Waals surface area (Å²) in [6.07, 6.45) is 0. The number of aryl methyl sites for hydroxylation is 4. The molecule has 20 heavy (non-hydrogen) atoms. The minimum absolute atomic E-state index is 0.0555. The molecule has 1 unspecified atom stereocenters. The van der Waals surface area contributed by atoms with E-state index in [1.165, 1.54) is 12.1 Å². The molecule has 2 aromatic rings. The first kappa shape index (κ1) is 14.7. The first-order chi connectivity index (χ1) is 9.32. The van der Waals surface area contributed by atoms with E-state index in [1.807, 2.05) is 32.9 Å². The van der Waals surface area contributed by atoms with Gasteiger partial charge in [0.25, 0.3) is 0 Å². The maximum atomic E-state index is 14.2. The van der Waals surface area contributed by atoms with E-state index in [2.05, 4.69) is 0 Å². The molecule has 0 bridgehead atoms. The first-order valence-corrected chi connectivity index (χ1v) is 6.60. The number of hydrogen-bond donors (Lipinski definition) is 1. The molecule has 0 amide bonds. The second-order valence-corrected chi connectivity index (χ2v) is 5.38. The maximum absolute atomic E-state index is 14.2. The Bertz CT molecular complexity index is 639. The van der Waals surface area contributed by atoms with Gasteiger partial charge in [0.15, 0.2) is 0 Å². The van der Waals surface area contributed by atoms with Gasteiger partial charge in [-0.25, -0.2) is 8.78 Å². The summed E-state index contributed by atoms with van der Waals surface area (Å²) in [6, 6.07) is 5.86. The lowest BCUT2D eigenvalue weighted by molar-refractivity contribution is 0.537. The zero-order chi connectivity index (χ0) is 15.0. The zero-order valence-corrected chi connectivity index (χ0v) is 12.2. The van der Waals surface area contributed by atoms with Crippen molar-refractivity contribution in [2.75, 3.05) is 0 Å². The van der Waals surface area contributed by atoms with Crippen LogP contribution < -0.4 is 5.73 Å². The highest BCUT2D eigenvalue weighted by Gasteiger charge is 2.22. The van der Waals surface area contributed by atoms with Gasteiger partial charge >= 0.3 is 0 Å². The van der Waals surface area contributed by atoms with Crippen LogP contribution in [0.2, 0.25) is 0 Å². The highest BCUT2D eigenvalue weighted by atomic mass is 19.1. The predicted octanol–water partition coefficient (Wildman–Crippen LogP) is 4.25. The second kappa shape index (κ2) is 5.33. The summed E-state index contributed by atoms with van der Waals surface area (Å²) >= 11 is 0. The summed E-state index contributed by atoms with van der Waals surface area (Å²) in [5, 5.41) is 0. The van der Waals surface area contributed by atoms with Crippen molar-refractivity contribution in [1.29, 1.82) is 0 Å². The minimum Gasteiger partial charge on any atom is -0.320 e. The van der Waals surface area contributed by atoms with Crippen molar-refractivity contribution >= 4 is 0 Å². The highest BCUT2D eigenvalue weighted by molar-refractivity contribution is 5.45. The standard InChI is InChI=1S/C17H19F2N/c1-9-7-11(3)14(12(4)8-9)17(20)15-13(18)6-5-10(2)16(15)19/h5-8,17H,20H2,1-4H3. The van der Waals surface area contributed by atoms with Gasteiger partial charge in [0.05, 0.1) is 6.04 Å². The van der Waals surface area contributed by atoms with Crippen LogP contribution in [0.4, 0.5) is 8.78 Å². The molecule has 0 fully saturated rings. The number of hydrogen-bond acceptors (Lipinski definition) is 1. The molecule has 3 heteroatoms. The van der Waals surface area contributed by atoms with Crippen LogP contribution in [0, 0.1) is 39.3 Å². The van der Waals surface area contributed by atoms with Gasteiger partial charge in [0.1, 0.15) is 11.6 Å². The molecule has 2 aromatic carbocycles. The van der Waals surface area contributed by atoms with Crippen LogP contribution in [0.5, 0.6) is 0 Å². The average Bonchev–Trinajstić information content (AvgIpc) is 2.33. The molecule has 1 atom stereocenters. The summed E-state index contributed by atoms with van der Waals surface area (Å²) in [5.74, 6) is -1.16. The molecule has 0 saturated heterocycles. The Morgan fingerprint density at radius 3 is 1.95 bits per heavy atom. The summed E-state index contributed by atoms with van der Waals surface area (Å²) in [4.78, 5) is 0. The topological polar surface area (TPSA) is 26.0 Å². The Kier molecular flexibility index (Phi) is 3.91. The summed E-state index contributed by atoms with van der Waals surface area (Å²) in [7, 11) is 0. The van der Waals surface area contributed by atoms with Gasteiger partial charge in [-0.1, -0.05) is 23.8 Å². The number of rotatable bonds is 2. The first-order valence-electron chi connectivity index (χ1n) is 6.60. The molecule has 0 aliphatic rings. The van der Waals surface area contributed by atoms with Gasteiger partial charge in [-0.15, -0.1) is 0 Å². The van der Waals surface area contributed by atoms with Crippen molar-refractivity contribution < 1.29 is 8.78 Å². The Morgan fingerprint density at radius 1 is 0.850 bits per heavy atom. The number of halogens is 2. The van der Waals surface area contributed by atoms with Crippen LogP contribution in [0.25, 0.3) is 0 Å². The third-order valence-corrected chi connectivity index (χ3v) is 3.68. The molecule has 1 nitrogen and oxygen atoms in total. The lowest BCUT2D eigenvalue weighted by Crippen LogP contribution is -2.19. The van der Waals surface area contributed by atoms with E-state index in [0.717, 1.165) is 22.3 Å². The molecule has 0 aliphatic heterocycles. The van der Waals surface area contributed by atoms with E-state index in [0.29, 0.717) is 5.56 Å². The van der Waals surface area contributed by atoms with Crippen molar-refractivity contribution in [1.82, 2.24) is 0 Å². The van der Waals surface area contributed by atoms with Crippen LogP contribution in [0.3, 0.4) is 0 Å². The Labute approximate surface area is 118 Å². The van der Waals surface area contributed by atoms with Crippen molar-refractivity contribution in [2.24, 2.45) is 5.73 Å². The van der Waals surface area contributed by atoms with Crippen LogP contribution >= 0.6 is 0 Å². The summed E-state index contributed by atoms with van der Waals surface area (Å²) < 4.78 is 28.2. The number of benzene rings is 2. The molecule has 0 aromatic heterocycles. The lowest BCUT2D eigenvalue weighted by Gasteiger charge is -2.20. The summed E-state index contributed by atoms with van der Waals surface area (Å²) in [6.45, 7) is 7.44. The van der Waals surface area contributed by atoms with Gasteiger partial charge in [0, 0.05) is 5.56 Å². The normalized spacial score (nSPS) is 12.6. The van der Waals surface area contributed by atoms with E-state index >= 15 is 0 Å².